The van der Waals surface area contributed by atoms with E-state index in [4.69, 9.17) is 5.73 Å². The Hall–Kier alpha value is -2.61. The normalized spacial score (nSPS) is 22.3. The molecule has 2 atom stereocenters. The van der Waals surface area contributed by atoms with Gasteiger partial charge in [0.05, 0.1) is 0 Å². The van der Waals surface area contributed by atoms with Crippen molar-refractivity contribution >= 4 is 23.5 Å². The highest BCUT2D eigenvalue weighted by atomic mass is 16.2. The lowest BCUT2D eigenvalue weighted by atomic mass is 10.1. The van der Waals surface area contributed by atoms with Crippen LogP contribution in [0.4, 0.5) is 10.5 Å². The van der Waals surface area contributed by atoms with Crippen LogP contribution in [-0.4, -0.2) is 60.5 Å². The third-order valence-corrected chi connectivity index (χ3v) is 4.93. The van der Waals surface area contributed by atoms with Crippen molar-refractivity contribution < 1.29 is 14.4 Å². The highest BCUT2D eigenvalue weighted by molar-refractivity contribution is 6.01. The van der Waals surface area contributed by atoms with E-state index in [0.29, 0.717) is 37.3 Å². The number of aryl methyl sites for hydroxylation is 1. The standard InChI is InChI=1S/C19H27N5O3/c1-11(2)22-17(25)16-9-14(20)10-24(16)18(26)13-5-4-12(3)15(8-13)23-7-6-21-19(23)27/h4-5,8,11,14,16H,6-7,9-10,20H2,1-3H3,(H,21,27)(H,22,25)/t14-,16-/m0/s1. The van der Waals surface area contributed by atoms with E-state index >= 15 is 0 Å². The van der Waals surface area contributed by atoms with Gasteiger partial charge in [-0.15, -0.1) is 0 Å². The van der Waals surface area contributed by atoms with Gasteiger partial charge in [0, 0.05) is 43.0 Å². The molecular formula is C19H27N5O3. The fourth-order valence-corrected chi connectivity index (χ4v) is 3.62. The van der Waals surface area contributed by atoms with Crippen molar-refractivity contribution in [1.82, 2.24) is 15.5 Å². The molecule has 0 unspecified atom stereocenters. The Balaban J connectivity index is 1.86. The number of nitrogens with one attached hydrogen (secondary N) is 2. The molecule has 0 radical (unpaired) electrons. The van der Waals surface area contributed by atoms with Gasteiger partial charge in [-0.3, -0.25) is 14.5 Å². The van der Waals surface area contributed by atoms with E-state index in [0.717, 1.165) is 5.56 Å². The number of nitrogens with two attached hydrogens (primary N) is 1. The van der Waals surface area contributed by atoms with Crippen LogP contribution in [0.5, 0.6) is 0 Å². The van der Waals surface area contributed by atoms with Gasteiger partial charge in [0.2, 0.25) is 5.91 Å². The molecule has 0 bridgehead atoms. The van der Waals surface area contributed by atoms with E-state index in [-0.39, 0.29) is 29.9 Å². The first kappa shape index (κ1) is 19.2. The topological polar surface area (TPSA) is 108 Å². The molecule has 1 aromatic rings. The van der Waals surface area contributed by atoms with Crippen LogP contribution in [0.1, 0.15) is 36.2 Å². The first-order valence-electron chi connectivity index (χ1n) is 9.31. The molecule has 0 saturated carbocycles. The average molecular weight is 373 g/mol. The highest BCUT2D eigenvalue weighted by Crippen LogP contribution is 2.26. The van der Waals surface area contributed by atoms with Crippen LogP contribution >= 0.6 is 0 Å². The largest absolute Gasteiger partial charge is 0.352 e. The predicted octanol–water partition coefficient (Wildman–Crippen LogP) is 0.591. The fourth-order valence-electron chi connectivity index (χ4n) is 3.62. The van der Waals surface area contributed by atoms with Gasteiger partial charge < -0.3 is 21.3 Å². The second kappa shape index (κ2) is 7.56. The lowest BCUT2D eigenvalue weighted by Gasteiger charge is -2.25. The Bertz CT molecular complexity index is 764. The van der Waals surface area contributed by atoms with E-state index in [9.17, 15) is 14.4 Å². The number of hydrogen-bond acceptors (Lipinski definition) is 4. The third kappa shape index (κ3) is 3.90. The number of carbonyl (C=O) groups excluding carboxylic acids is 3. The lowest BCUT2D eigenvalue weighted by Crippen LogP contribution is -2.47. The number of anilines is 1. The van der Waals surface area contributed by atoms with Gasteiger partial charge in [0.1, 0.15) is 6.04 Å². The molecule has 8 nitrogen and oxygen atoms in total. The molecule has 2 aliphatic heterocycles. The van der Waals surface area contributed by atoms with Crippen LogP contribution in [0.25, 0.3) is 0 Å². The molecule has 2 saturated heterocycles. The van der Waals surface area contributed by atoms with Crippen molar-refractivity contribution in [3.63, 3.8) is 0 Å². The molecule has 4 N–H and O–H groups in total. The fraction of sp³-hybridized carbons (Fsp3) is 0.526. The number of rotatable bonds is 4. The molecule has 2 aliphatic rings. The Kier molecular flexibility index (Phi) is 5.36. The zero-order valence-electron chi connectivity index (χ0n) is 16.0. The average Bonchev–Trinajstić information content (AvgIpc) is 3.20. The maximum absolute atomic E-state index is 13.1. The molecule has 0 spiro atoms. The van der Waals surface area contributed by atoms with E-state index in [2.05, 4.69) is 10.6 Å². The molecule has 0 aliphatic carbocycles. The monoisotopic (exact) mass is 373 g/mol. The Morgan fingerprint density at radius 1 is 1.33 bits per heavy atom. The summed E-state index contributed by atoms with van der Waals surface area (Å²) in [4.78, 5) is 40.8. The van der Waals surface area contributed by atoms with E-state index < -0.39 is 6.04 Å². The van der Waals surface area contributed by atoms with Gasteiger partial charge in [0.15, 0.2) is 0 Å². The van der Waals surface area contributed by atoms with Gasteiger partial charge in [-0.05, 0) is 44.9 Å². The van der Waals surface area contributed by atoms with Gasteiger partial charge in [-0.25, -0.2) is 4.79 Å². The number of carbonyl (C=O) groups is 3. The number of nitrogens with zero attached hydrogens (tertiary/aromatic N) is 2. The maximum atomic E-state index is 13.1. The minimum absolute atomic E-state index is 0.00840. The first-order valence-corrected chi connectivity index (χ1v) is 9.31. The van der Waals surface area contributed by atoms with Crippen LogP contribution in [0.2, 0.25) is 0 Å². The highest BCUT2D eigenvalue weighted by Gasteiger charge is 2.39. The minimum Gasteiger partial charge on any atom is -0.352 e. The van der Waals surface area contributed by atoms with Gasteiger partial charge in [-0.2, -0.15) is 0 Å². The molecular weight excluding hydrogens is 346 g/mol. The summed E-state index contributed by atoms with van der Waals surface area (Å²) in [5.41, 5.74) is 8.11. The zero-order chi connectivity index (χ0) is 19.7. The van der Waals surface area contributed by atoms with Crippen molar-refractivity contribution in [3.8, 4) is 0 Å². The summed E-state index contributed by atoms with van der Waals surface area (Å²) >= 11 is 0. The summed E-state index contributed by atoms with van der Waals surface area (Å²) in [6.07, 6.45) is 0.442. The molecule has 2 heterocycles. The smallest absolute Gasteiger partial charge is 0.322 e. The SMILES string of the molecule is Cc1ccc(C(=O)N2C[C@@H](N)C[C@H]2C(=O)NC(C)C)cc1N1CCNC1=O. The predicted molar refractivity (Wildman–Crippen MR) is 103 cm³/mol. The van der Waals surface area contributed by atoms with Crippen LogP contribution in [0.3, 0.4) is 0 Å². The number of likely N-dealkylation sites (tertiary alicyclic amines) is 1. The molecule has 4 amide bonds. The van der Waals surface area contributed by atoms with E-state index in [1.807, 2.05) is 26.8 Å². The molecule has 2 fully saturated rings. The summed E-state index contributed by atoms with van der Waals surface area (Å²) < 4.78 is 0. The van der Waals surface area contributed by atoms with Crippen LogP contribution in [0.15, 0.2) is 18.2 Å². The lowest BCUT2D eigenvalue weighted by molar-refractivity contribution is -0.125. The molecule has 8 heteroatoms. The summed E-state index contributed by atoms with van der Waals surface area (Å²) in [6, 6.07) is 4.31. The Labute approximate surface area is 159 Å². The molecule has 3 rings (SSSR count). The second-order valence-electron chi connectivity index (χ2n) is 7.52. The molecule has 146 valence electrons. The first-order chi connectivity index (χ1) is 12.8. The maximum Gasteiger partial charge on any atom is 0.322 e. The van der Waals surface area contributed by atoms with Gasteiger partial charge in [0.25, 0.3) is 5.91 Å². The summed E-state index contributed by atoms with van der Waals surface area (Å²) in [5.74, 6) is -0.426. The Morgan fingerprint density at radius 3 is 2.70 bits per heavy atom. The number of hydrogen-bond donors (Lipinski definition) is 3. The van der Waals surface area contributed by atoms with Crippen LogP contribution < -0.4 is 21.3 Å². The number of urea groups is 1. The van der Waals surface area contributed by atoms with Crippen molar-refractivity contribution in [2.75, 3.05) is 24.5 Å². The zero-order valence-corrected chi connectivity index (χ0v) is 16.0. The van der Waals surface area contributed by atoms with E-state index in [1.54, 1.807) is 21.9 Å². The third-order valence-electron chi connectivity index (χ3n) is 4.93. The van der Waals surface area contributed by atoms with Gasteiger partial charge >= 0.3 is 6.03 Å². The number of amides is 4. The summed E-state index contributed by atoms with van der Waals surface area (Å²) in [5, 5.41) is 5.63. The van der Waals surface area contributed by atoms with E-state index in [1.165, 1.54) is 0 Å². The van der Waals surface area contributed by atoms with Crippen molar-refractivity contribution in [1.29, 1.82) is 0 Å². The van der Waals surface area contributed by atoms with Crippen LogP contribution in [0, 0.1) is 6.92 Å². The molecule has 1 aromatic carbocycles. The van der Waals surface area contributed by atoms with Gasteiger partial charge in [-0.1, -0.05) is 6.07 Å². The molecule has 0 aromatic heterocycles. The van der Waals surface area contributed by atoms with Crippen molar-refractivity contribution in [3.05, 3.63) is 29.3 Å². The minimum atomic E-state index is -0.574. The van der Waals surface area contributed by atoms with Crippen molar-refractivity contribution in [2.24, 2.45) is 5.73 Å². The Morgan fingerprint density at radius 2 is 2.07 bits per heavy atom. The van der Waals surface area contributed by atoms with Crippen LogP contribution in [-0.2, 0) is 4.79 Å². The summed E-state index contributed by atoms with van der Waals surface area (Å²) in [7, 11) is 0. The summed E-state index contributed by atoms with van der Waals surface area (Å²) in [6.45, 7) is 7.14. The second-order valence-corrected chi connectivity index (χ2v) is 7.52. The number of benzene rings is 1. The molecule has 27 heavy (non-hydrogen) atoms. The quantitative estimate of drug-likeness (QED) is 0.718. The van der Waals surface area contributed by atoms with Crippen molar-refractivity contribution in [2.45, 2.75) is 45.3 Å².